The first-order chi connectivity index (χ1) is 7.31. The van der Waals surface area contributed by atoms with E-state index >= 15 is 0 Å². The zero-order valence-corrected chi connectivity index (χ0v) is 9.19. The van der Waals surface area contributed by atoms with E-state index in [1.165, 1.54) is 25.7 Å². The number of aromatic nitrogens is 2. The van der Waals surface area contributed by atoms with Gasteiger partial charge in [0.15, 0.2) is 0 Å². The topological polar surface area (TPSA) is 50.1 Å². The summed E-state index contributed by atoms with van der Waals surface area (Å²) in [4.78, 5) is 4.08. The Morgan fingerprint density at radius 3 is 2.87 bits per heavy atom. The van der Waals surface area contributed by atoms with Gasteiger partial charge in [0.1, 0.15) is 0 Å². The second-order valence-electron chi connectivity index (χ2n) is 4.31. The molecule has 1 aliphatic carbocycles. The predicted octanol–water partition coefficient (Wildman–Crippen LogP) is 0.986. The van der Waals surface area contributed by atoms with Gasteiger partial charge in [0.2, 0.25) is 0 Å². The second-order valence-corrected chi connectivity index (χ2v) is 4.31. The summed E-state index contributed by atoms with van der Waals surface area (Å²) < 4.78 is 1.96. The van der Waals surface area contributed by atoms with E-state index in [0.717, 1.165) is 5.69 Å². The van der Waals surface area contributed by atoms with Crippen LogP contribution in [0.15, 0.2) is 12.5 Å². The van der Waals surface area contributed by atoms with E-state index in [4.69, 9.17) is 0 Å². The van der Waals surface area contributed by atoms with Gasteiger partial charge in [-0.25, -0.2) is 4.98 Å². The molecule has 1 aromatic heterocycles. The fourth-order valence-electron chi connectivity index (χ4n) is 2.31. The van der Waals surface area contributed by atoms with Crippen molar-refractivity contribution in [2.45, 2.75) is 37.8 Å². The van der Waals surface area contributed by atoms with Gasteiger partial charge in [0.05, 0.1) is 24.7 Å². The molecule has 4 heteroatoms. The fraction of sp³-hybridized carbons (Fsp3) is 0.727. The lowest BCUT2D eigenvalue weighted by Gasteiger charge is -2.21. The smallest absolute Gasteiger partial charge is 0.0946 e. The minimum atomic E-state index is 0.0283. The van der Waals surface area contributed by atoms with Crippen LogP contribution in [0.2, 0.25) is 0 Å². The molecule has 0 saturated heterocycles. The Balaban J connectivity index is 2.00. The maximum absolute atomic E-state index is 9.38. The highest BCUT2D eigenvalue weighted by Crippen LogP contribution is 2.21. The van der Waals surface area contributed by atoms with E-state index in [9.17, 15) is 5.11 Å². The molecule has 1 unspecified atom stereocenters. The normalized spacial score (nSPS) is 19.6. The third-order valence-corrected chi connectivity index (χ3v) is 3.19. The van der Waals surface area contributed by atoms with Crippen LogP contribution in [0.3, 0.4) is 0 Å². The first-order valence-corrected chi connectivity index (χ1v) is 5.64. The summed E-state index contributed by atoms with van der Waals surface area (Å²) in [5.41, 5.74) is 1.06. The predicted molar refractivity (Wildman–Crippen MR) is 58.4 cm³/mol. The zero-order chi connectivity index (χ0) is 10.7. The van der Waals surface area contributed by atoms with Gasteiger partial charge < -0.3 is 15.0 Å². The largest absolute Gasteiger partial charge is 0.394 e. The lowest BCUT2D eigenvalue weighted by atomic mass is 10.1. The molecule has 0 radical (unpaired) electrons. The highest BCUT2D eigenvalue weighted by molar-refractivity contribution is 5.05. The van der Waals surface area contributed by atoms with Crippen molar-refractivity contribution < 1.29 is 5.11 Å². The van der Waals surface area contributed by atoms with Crippen molar-refractivity contribution in [1.29, 1.82) is 0 Å². The van der Waals surface area contributed by atoms with Crippen molar-refractivity contribution in [3.05, 3.63) is 18.2 Å². The Bertz CT molecular complexity index is 305. The lowest BCUT2D eigenvalue weighted by molar-refractivity contribution is 0.228. The van der Waals surface area contributed by atoms with Crippen molar-refractivity contribution in [3.63, 3.8) is 0 Å². The van der Waals surface area contributed by atoms with Gasteiger partial charge in [-0.15, -0.1) is 0 Å². The third-order valence-electron chi connectivity index (χ3n) is 3.19. The lowest BCUT2D eigenvalue weighted by Crippen LogP contribution is -2.33. The zero-order valence-electron chi connectivity index (χ0n) is 9.19. The molecular weight excluding hydrogens is 190 g/mol. The van der Waals surface area contributed by atoms with Gasteiger partial charge in [-0.2, -0.15) is 0 Å². The van der Waals surface area contributed by atoms with Crippen molar-refractivity contribution in [2.75, 3.05) is 6.61 Å². The molecule has 15 heavy (non-hydrogen) atoms. The van der Waals surface area contributed by atoms with Crippen molar-refractivity contribution in [1.82, 2.24) is 14.9 Å². The molecule has 1 saturated carbocycles. The van der Waals surface area contributed by atoms with Gasteiger partial charge in [-0.1, -0.05) is 12.8 Å². The van der Waals surface area contributed by atoms with Crippen molar-refractivity contribution >= 4 is 0 Å². The van der Waals surface area contributed by atoms with Crippen LogP contribution in [0.1, 0.15) is 37.4 Å². The molecule has 0 amide bonds. The molecule has 0 bridgehead atoms. The molecule has 0 aromatic carbocycles. The Kier molecular flexibility index (Phi) is 3.38. The van der Waals surface area contributed by atoms with Crippen LogP contribution in [-0.4, -0.2) is 27.3 Å². The molecule has 2 N–H and O–H groups in total. The molecule has 4 nitrogen and oxygen atoms in total. The minimum absolute atomic E-state index is 0.0283. The van der Waals surface area contributed by atoms with Crippen LogP contribution in [0, 0.1) is 0 Å². The summed E-state index contributed by atoms with van der Waals surface area (Å²) in [5.74, 6) is 0. The van der Waals surface area contributed by atoms with Crippen LogP contribution in [0.25, 0.3) is 0 Å². The number of aliphatic hydroxyl groups excluding tert-OH is 1. The number of hydrogen-bond acceptors (Lipinski definition) is 3. The van der Waals surface area contributed by atoms with Gasteiger partial charge >= 0.3 is 0 Å². The van der Waals surface area contributed by atoms with Crippen LogP contribution >= 0.6 is 0 Å². The fourth-order valence-corrected chi connectivity index (χ4v) is 2.31. The Labute approximate surface area is 90.3 Å². The summed E-state index contributed by atoms with van der Waals surface area (Å²) in [6.45, 7) is 0.135. The number of nitrogens with one attached hydrogen (secondary N) is 1. The third kappa shape index (κ3) is 2.38. The molecular formula is C11H19N3O. The van der Waals surface area contributed by atoms with Crippen LogP contribution in [-0.2, 0) is 7.05 Å². The van der Waals surface area contributed by atoms with Gasteiger partial charge in [-0.3, -0.25) is 0 Å². The molecule has 1 aliphatic rings. The molecule has 1 aromatic rings. The number of aryl methyl sites for hydroxylation is 1. The first kappa shape index (κ1) is 10.6. The van der Waals surface area contributed by atoms with Gasteiger partial charge in [0.25, 0.3) is 0 Å². The second kappa shape index (κ2) is 4.77. The van der Waals surface area contributed by atoms with E-state index in [1.54, 1.807) is 6.33 Å². The Hall–Kier alpha value is -0.870. The quantitative estimate of drug-likeness (QED) is 0.777. The first-order valence-electron chi connectivity index (χ1n) is 5.64. The maximum Gasteiger partial charge on any atom is 0.0946 e. The standard InChI is InChI=1S/C11H19N3O/c1-14-8-12-6-11(14)10(7-15)13-9-4-2-3-5-9/h6,8-10,13,15H,2-5,7H2,1H3. The molecule has 2 rings (SSSR count). The number of imidazole rings is 1. The van der Waals surface area contributed by atoms with Crippen LogP contribution < -0.4 is 5.32 Å². The molecule has 1 heterocycles. The van der Waals surface area contributed by atoms with E-state index in [1.807, 2.05) is 17.8 Å². The summed E-state index contributed by atoms with van der Waals surface area (Å²) >= 11 is 0. The summed E-state index contributed by atoms with van der Waals surface area (Å²) in [6, 6.07) is 0.595. The highest BCUT2D eigenvalue weighted by Gasteiger charge is 2.21. The minimum Gasteiger partial charge on any atom is -0.394 e. The van der Waals surface area contributed by atoms with Gasteiger partial charge in [-0.05, 0) is 12.8 Å². The number of rotatable bonds is 4. The highest BCUT2D eigenvalue weighted by atomic mass is 16.3. The summed E-state index contributed by atoms with van der Waals surface area (Å²) in [6.07, 6.45) is 8.67. The van der Waals surface area contributed by atoms with Crippen LogP contribution in [0.5, 0.6) is 0 Å². The maximum atomic E-state index is 9.38. The number of nitrogens with zero attached hydrogens (tertiary/aromatic N) is 2. The van der Waals surface area contributed by atoms with Crippen molar-refractivity contribution in [3.8, 4) is 0 Å². The SMILES string of the molecule is Cn1cncc1C(CO)NC1CCCC1. The average molecular weight is 209 g/mol. The molecule has 0 spiro atoms. The molecule has 1 atom stereocenters. The van der Waals surface area contributed by atoms with E-state index in [-0.39, 0.29) is 12.6 Å². The average Bonchev–Trinajstić information content (AvgIpc) is 2.85. The van der Waals surface area contributed by atoms with E-state index in [0.29, 0.717) is 6.04 Å². The molecule has 84 valence electrons. The Morgan fingerprint density at radius 2 is 2.33 bits per heavy atom. The molecule has 0 aliphatic heterocycles. The monoisotopic (exact) mass is 209 g/mol. The number of hydrogen-bond donors (Lipinski definition) is 2. The van der Waals surface area contributed by atoms with E-state index < -0.39 is 0 Å². The molecule has 1 fully saturated rings. The van der Waals surface area contributed by atoms with Crippen molar-refractivity contribution in [2.24, 2.45) is 7.05 Å². The van der Waals surface area contributed by atoms with Crippen LogP contribution in [0.4, 0.5) is 0 Å². The summed E-state index contributed by atoms with van der Waals surface area (Å²) in [7, 11) is 1.96. The van der Waals surface area contributed by atoms with E-state index in [2.05, 4.69) is 10.3 Å². The Morgan fingerprint density at radius 1 is 1.60 bits per heavy atom. The summed E-state index contributed by atoms with van der Waals surface area (Å²) in [5, 5.41) is 12.9. The van der Waals surface area contributed by atoms with Gasteiger partial charge in [0, 0.05) is 19.3 Å². The number of aliphatic hydroxyl groups is 1.